The molecule has 23 heavy (non-hydrogen) atoms. The number of nitrogens with two attached hydrogens (primary N) is 1. The number of rotatable bonds is 4. The Morgan fingerprint density at radius 1 is 1.26 bits per heavy atom. The number of nitro benzene ring substituents is 1. The number of nitrogens with zero attached hydrogens (tertiary/aromatic N) is 1. The molecule has 1 aromatic carbocycles. The summed E-state index contributed by atoms with van der Waals surface area (Å²) in [5, 5.41) is 48.5. The molecule has 0 saturated carbocycles. The van der Waals surface area contributed by atoms with Crippen LogP contribution in [0, 0.1) is 10.1 Å². The van der Waals surface area contributed by atoms with Crippen molar-refractivity contribution in [2.45, 2.75) is 30.7 Å². The van der Waals surface area contributed by atoms with Crippen molar-refractivity contribution in [2.75, 3.05) is 5.73 Å². The molecule has 11 heteroatoms. The Kier molecular flexibility index (Phi) is 4.65. The molecule has 1 heterocycles. The Hall–Kier alpha value is -2.47. The van der Waals surface area contributed by atoms with E-state index in [2.05, 4.69) is 0 Å². The van der Waals surface area contributed by atoms with E-state index in [0.29, 0.717) is 0 Å². The van der Waals surface area contributed by atoms with Crippen molar-refractivity contribution in [3.8, 4) is 5.75 Å². The van der Waals surface area contributed by atoms with Gasteiger partial charge in [0.05, 0.1) is 10.6 Å². The third kappa shape index (κ3) is 3.32. The highest BCUT2D eigenvalue weighted by Crippen LogP contribution is 2.30. The molecule has 0 unspecified atom stereocenters. The molecule has 5 atom stereocenters. The van der Waals surface area contributed by atoms with Crippen molar-refractivity contribution < 1.29 is 39.6 Å². The lowest BCUT2D eigenvalue weighted by atomic mass is 9.99. The number of nitrogen functional groups attached to an aromatic ring is 1. The van der Waals surface area contributed by atoms with Gasteiger partial charge in [-0.25, -0.2) is 4.79 Å². The summed E-state index contributed by atoms with van der Waals surface area (Å²) in [5.41, 5.74) is 5.14. The zero-order valence-electron chi connectivity index (χ0n) is 11.5. The number of ether oxygens (including phenoxy) is 2. The van der Waals surface area contributed by atoms with E-state index < -0.39 is 41.6 Å². The van der Waals surface area contributed by atoms with E-state index in [9.17, 15) is 30.2 Å². The number of aliphatic hydroxyl groups excluding tert-OH is 3. The first-order valence-corrected chi connectivity index (χ1v) is 6.35. The summed E-state index contributed by atoms with van der Waals surface area (Å²) in [6.07, 6.45) is -8.89. The minimum atomic E-state index is -1.85. The average Bonchev–Trinajstić information content (AvgIpc) is 2.48. The molecule has 2 rings (SSSR count). The molecule has 0 bridgehead atoms. The van der Waals surface area contributed by atoms with Crippen LogP contribution >= 0.6 is 0 Å². The first kappa shape index (κ1) is 16.9. The summed E-state index contributed by atoms with van der Waals surface area (Å²) in [6, 6.07) is 3.22. The number of anilines is 1. The molecule has 0 amide bonds. The fourth-order valence-electron chi connectivity index (χ4n) is 2.03. The van der Waals surface area contributed by atoms with Gasteiger partial charge in [-0.1, -0.05) is 0 Å². The van der Waals surface area contributed by atoms with Crippen LogP contribution in [0.5, 0.6) is 5.75 Å². The van der Waals surface area contributed by atoms with Crippen molar-refractivity contribution >= 4 is 17.3 Å². The van der Waals surface area contributed by atoms with E-state index in [0.717, 1.165) is 18.2 Å². The number of non-ortho nitro benzene ring substituents is 1. The Bertz CT molecular complexity index is 623. The van der Waals surface area contributed by atoms with Gasteiger partial charge in [-0.05, 0) is 6.07 Å². The number of aliphatic carboxylic acids is 1. The minimum absolute atomic E-state index is 0.118. The summed E-state index contributed by atoms with van der Waals surface area (Å²) in [4.78, 5) is 20.9. The lowest BCUT2D eigenvalue weighted by Crippen LogP contribution is -2.61. The van der Waals surface area contributed by atoms with Crippen LogP contribution < -0.4 is 10.5 Å². The number of carboxylic acids is 1. The van der Waals surface area contributed by atoms with Gasteiger partial charge in [0.1, 0.15) is 24.1 Å². The molecular formula is C12H14N2O9. The summed E-state index contributed by atoms with van der Waals surface area (Å²) in [6.45, 7) is 0. The average molecular weight is 330 g/mol. The van der Waals surface area contributed by atoms with Crippen LogP contribution in [-0.4, -0.2) is 62.0 Å². The smallest absolute Gasteiger partial charge is 0.335 e. The second-order valence-electron chi connectivity index (χ2n) is 4.83. The largest absolute Gasteiger partial charge is 0.479 e. The first-order valence-electron chi connectivity index (χ1n) is 6.35. The van der Waals surface area contributed by atoms with Gasteiger partial charge in [-0.15, -0.1) is 0 Å². The number of nitro groups is 1. The number of benzene rings is 1. The highest BCUT2D eigenvalue weighted by Gasteiger charge is 2.48. The Morgan fingerprint density at radius 2 is 1.91 bits per heavy atom. The lowest BCUT2D eigenvalue weighted by molar-refractivity contribution is -0.384. The van der Waals surface area contributed by atoms with E-state index in [4.69, 9.17) is 20.3 Å². The molecule has 0 aliphatic carbocycles. The maximum absolute atomic E-state index is 11.0. The molecule has 0 aromatic heterocycles. The highest BCUT2D eigenvalue weighted by molar-refractivity contribution is 5.73. The summed E-state index contributed by atoms with van der Waals surface area (Å²) in [5.74, 6) is -1.68. The summed E-state index contributed by atoms with van der Waals surface area (Å²) in [7, 11) is 0. The van der Waals surface area contributed by atoms with Crippen LogP contribution in [0.4, 0.5) is 11.4 Å². The van der Waals surface area contributed by atoms with E-state index in [1.165, 1.54) is 0 Å². The number of aliphatic hydroxyl groups is 3. The molecule has 1 aromatic rings. The fourth-order valence-corrected chi connectivity index (χ4v) is 2.03. The predicted molar refractivity (Wildman–Crippen MR) is 72.5 cm³/mol. The topological polar surface area (TPSA) is 186 Å². The predicted octanol–water partition coefficient (Wildman–Crippen LogP) is -1.55. The highest BCUT2D eigenvalue weighted by atomic mass is 16.7. The maximum Gasteiger partial charge on any atom is 0.335 e. The van der Waals surface area contributed by atoms with E-state index in [-0.39, 0.29) is 17.1 Å². The standard InChI is InChI=1S/C12H14N2O9/c13-5-3-4(14(20)21)1-2-6(5)22-12-9(17)7(15)8(16)10(23-12)11(18)19/h1-3,7-10,12,15-17H,13H2,(H,18,19)/t7-,8-,9+,10-,12+/m0/s1. The molecule has 1 aliphatic rings. The molecule has 6 N–H and O–H groups in total. The number of hydrogen-bond acceptors (Lipinski definition) is 9. The molecule has 11 nitrogen and oxygen atoms in total. The molecule has 126 valence electrons. The summed E-state index contributed by atoms with van der Waals surface area (Å²) < 4.78 is 10.1. The minimum Gasteiger partial charge on any atom is -0.479 e. The Labute approximate surface area is 128 Å². The normalized spacial score (nSPS) is 30.7. The zero-order chi connectivity index (χ0) is 17.3. The Balaban J connectivity index is 2.21. The number of carbonyl (C=O) groups is 1. The van der Waals surface area contributed by atoms with Crippen molar-refractivity contribution in [1.29, 1.82) is 0 Å². The van der Waals surface area contributed by atoms with Gasteiger partial charge in [0.15, 0.2) is 6.10 Å². The van der Waals surface area contributed by atoms with Gasteiger partial charge in [-0.3, -0.25) is 10.1 Å². The molecule has 1 fully saturated rings. The third-order valence-electron chi connectivity index (χ3n) is 3.26. The van der Waals surface area contributed by atoms with Gasteiger partial charge in [0.25, 0.3) is 5.69 Å². The second-order valence-corrected chi connectivity index (χ2v) is 4.83. The van der Waals surface area contributed by atoms with Crippen LogP contribution in [0.15, 0.2) is 18.2 Å². The molecule has 1 aliphatic heterocycles. The molecule has 0 radical (unpaired) electrons. The van der Waals surface area contributed by atoms with Crippen LogP contribution in [0.3, 0.4) is 0 Å². The van der Waals surface area contributed by atoms with Gasteiger partial charge in [0, 0.05) is 12.1 Å². The quantitative estimate of drug-likeness (QED) is 0.246. The van der Waals surface area contributed by atoms with Crippen molar-refractivity contribution in [1.82, 2.24) is 0 Å². The van der Waals surface area contributed by atoms with Crippen LogP contribution in [-0.2, 0) is 9.53 Å². The van der Waals surface area contributed by atoms with Crippen molar-refractivity contribution in [3.05, 3.63) is 28.3 Å². The van der Waals surface area contributed by atoms with Crippen LogP contribution in [0.2, 0.25) is 0 Å². The molecule has 0 spiro atoms. The fraction of sp³-hybridized carbons (Fsp3) is 0.417. The Morgan fingerprint density at radius 3 is 2.43 bits per heavy atom. The van der Waals surface area contributed by atoms with E-state index in [1.807, 2.05) is 0 Å². The zero-order valence-corrected chi connectivity index (χ0v) is 11.5. The van der Waals surface area contributed by atoms with Crippen LogP contribution in [0.1, 0.15) is 0 Å². The third-order valence-corrected chi connectivity index (χ3v) is 3.26. The van der Waals surface area contributed by atoms with Gasteiger partial charge >= 0.3 is 5.97 Å². The maximum atomic E-state index is 11.0. The summed E-state index contributed by atoms with van der Waals surface area (Å²) >= 11 is 0. The molecular weight excluding hydrogens is 316 g/mol. The van der Waals surface area contributed by atoms with Gasteiger partial charge in [0.2, 0.25) is 6.29 Å². The van der Waals surface area contributed by atoms with Crippen LogP contribution in [0.25, 0.3) is 0 Å². The second kappa shape index (κ2) is 6.34. The monoisotopic (exact) mass is 330 g/mol. The van der Waals surface area contributed by atoms with Gasteiger partial charge < -0.3 is 35.6 Å². The lowest BCUT2D eigenvalue weighted by Gasteiger charge is -2.38. The van der Waals surface area contributed by atoms with Crippen molar-refractivity contribution in [3.63, 3.8) is 0 Å². The van der Waals surface area contributed by atoms with E-state index in [1.54, 1.807) is 0 Å². The number of hydrogen-bond donors (Lipinski definition) is 5. The number of carboxylic acid groups (broad SMARTS) is 1. The first-order chi connectivity index (χ1) is 10.7. The van der Waals surface area contributed by atoms with Gasteiger partial charge in [-0.2, -0.15) is 0 Å². The molecule has 1 saturated heterocycles. The van der Waals surface area contributed by atoms with Crippen molar-refractivity contribution in [2.24, 2.45) is 0 Å². The SMILES string of the molecule is Nc1cc([N+](=O)[O-])ccc1O[C@@H]1O[C@H](C(=O)O)[C@@H](O)[C@H](O)[C@H]1O. The van der Waals surface area contributed by atoms with E-state index >= 15 is 0 Å².